The fraction of sp³-hybridized carbons (Fsp3) is 0. The summed E-state index contributed by atoms with van der Waals surface area (Å²) in [6, 6.07) is 12.7. The molecule has 0 atom stereocenters. The molecule has 2 rings (SSSR count). The smallest absolute Gasteiger partial charge is 0.151 e. The molecule has 0 aliphatic carbocycles. The summed E-state index contributed by atoms with van der Waals surface area (Å²) in [5, 5.41) is 0.432. The van der Waals surface area contributed by atoms with Crippen molar-refractivity contribution in [3.63, 3.8) is 0 Å². The molecule has 2 N–H and O–H groups in total. The van der Waals surface area contributed by atoms with E-state index in [-0.39, 0.29) is 0 Å². The van der Waals surface area contributed by atoms with E-state index in [1.807, 2.05) is 24.3 Å². The van der Waals surface area contributed by atoms with Gasteiger partial charge in [-0.1, -0.05) is 48.7 Å². The topological polar surface area (TPSA) is 60.2 Å². The van der Waals surface area contributed by atoms with E-state index < -0.39 is 0 Å². The Balaban J connectivity index is 2.43. The largest absolute Gasteiger partial charge is 0.394 e. The maximum absolute atomic E-state index is 11.0. The molecule has 0 unspecified atom stereocenters. The number of nitrogens with two attached hydrogens (primary N) is 1. The van der Waals surface area contributed by atoms with Crippen LogP contribution in [0.15, 0.2) is 59.0 Å². The third-order valence-electron chi connectivity index (χ3n) is 2.76. The van der Waals surface area contributed by atoms with Gasteiger partial charge in [0, 0.05) is 16.0 Å². The molecule has 0 radical (unpaired) electrons. The second-order valence-electron chi connectivity index (χ2n) is 4.18. The van der Waals surface area contributed by atoms with E-state index in [2.05, 4.69) is 6.58 Å². The summed E-state index contributed by atoms with van der Waals surface area (Å²) >= 11 is 1.26. The lowest BCUT2D eigenvalue weighted by Crippen LogP contribution is -1.92. The van der Waals surface area contributed by atoms with Crippen molar-refractivity contribution in [3.8, 4) is 11.1 Å². The molecule has 0 saturated heterocycles. The maximum Gasteiger partial charge on any atom is 0.151 e. The van der Waals surface area contributed by atoms with Crippen LogP contribution in [0.5, 0.6) is 0 Å². The number of benzene rings is 2. The first-order valence-electron chi connectivity index (χ1n) is 5.91. The highest BCUT2D eigenvalue weighted by Gasteiger charge is 2.06. The zero-order chi connectivity index (χ0) is 14.5. The lowest BCUT2D eigenvalue weighted by atomic mass is 10.0. The van der Waals surface area contributed by atoms with Crippen molar-refractivity contribution in [1.82, 2.24) is 0 Å². The number of hydrogen-bond acceptors (Lipinski definition) is 4. The van der Waals surface area contributed by atoms with Gasteiger partial charge in [-0.25, -0.2) is 0 Å². The van der Waals surface area contributed by atoms with Crippen molar-refractivity contribution in [2.45, 2.75) is 4.90 Å². The van der Waals surface area contributed by atoms with Crippen LogP contribution in [0.2, 0.25) is 0 Å². The molecule has 0 heterocycles. The minimum atomic E-state index is 0.432. The molecule has 0 spiro atoms. The predicted molar refractivity (Wildman–Crippen MR) is 81.8 cm³/mol. The lowest BCUT2D eigenvalue weighted by molar-refractivity contribution is 0.111. The Kier molecular flexibility index (Phi) is 4.38. The molecule has 0 saturated carbocycles. The average Bonchev–Trinajstić information content (AvgIpc) is 2.46. The van der Waals surface area contributed by atoms with Crippen LogP contribution < -0.4 is 5.73 Å². The van der Waals surface area contributed by atoms with Crippen LogP contribution in [-0.4, -0.2) is 12.6 Å². The Morgan fingerprint density at radius 1 is 1.00 bits per heavy atom. The first-order chi connectivity index (χ1) is 9.63. The summed E-state index contributed by atoms with van der Waals surface area (Å²) in [4.78, 5) is 22.4. The van der Waals surface area contributed by atoms with Crippen molar-refractivity contribution in [3.05, 3.63) is 65.2 Å². The molecule has 20 heavy (non-hydrogen) atoms. The molecule has 2 aromatic carbocycles. The van der Waals surface area contributed by atoms with E-state index in [0.29, 0.717) is 16.2 Å². The number of thioether (sulfide) groups is 1. The number of aldehydes is 2. The van der Waals surface area contributed by atoms with Gasteiger partial charge in [-0.3, -0.25) is 9.59 Å². The monoisotopic (exact) mass is 283 g/mol. The molecule has 100 valence electrons. The highest BCUT2D eigenvalue weighted by Crippen LogP contribution is 2.30. The van der Waals surface area contributed by atoms with Crippen molar-refractivity contribution >= 4 is 24.3 Å². The number of hydrogen-bond donors (Lipinski definition) is 1. The Bertz CT molecular complexity index is 663. The second-order valence-corrected chi connectivity index (χ2v) is 5.35. The Morgan fingerprint density at radius 2 is 1.65 bits per heavy atom. The molecule has 2 aromatic rings. The molecule has 0 aliphatic heterocycles. The van der Waals surface area contributed by atoms with Gasteiger partial charge in [-0.15, -0.1) is 0 Å². The fourth-order valence-electron chi connectivity index (χ4n) is 1.80. The molecule has 4 heteroatoms. The van der Waals surface area contributed by atoms with E-state index >= 15 is 0 Å². The summed E-state index contributed by atoms with van der Waals surface area (Å²) in [7, 11) is 0. The zero-order valence-corrected chi connectivity index (χ0v) is 11.5. The molecule has 0 fully saturated rings. The summed E-state index contributed by atoms with van der Waals surface area (Å²) in [5.41, 5.74) is 8.72. The maximum atomic E-state index is 11.0. The Hall–Kier alpha value is -2.33. The third-order valence-corrected chi connectivity index (χ3v) is 3.60. The zero-order valence-electron chi connectivity index (χ0n) is 10.7. The molecule has 0 aromatic heterocycles. The molecule has 0 bridgehead atoms. The van der Waals surface area contributed by atoms with Crippen LogP contribution in [0.4, 0.5) is 0 Å². The third kappa shape index (κ3) is 3.16. The minimum Gasteiger partial charge on any atom is -0.394 e. The molecular formula is C16H13NO2S. The van der Waals surface area contributed by atoms with Gasteiger partial charge in [-0.05, 0) is 23.3 Å². The molecule has 3 nitrogen and oxygen atoms in total. The van der Waals surface area contributed by atoms with Crippen LogP contribution >= 0.6 is 11.8 Å². The van der Waals surface area contributed by atoms with Crippen LogP contribution in [0, 0.1) is 0 Å². The summed E-state index contributed by atoms with van der Waals surface area (Å²) in [6.45, 7) is 3.64. The first-order valence-corrected chi connectivity index (χ1v) is 6.73. The normalized spacial score (nSPS) is 10.0. The van der Waals surface area contributed by atoms with Crippen LogP contribution in [0.1, 0.15) is 20.7 Å². The van der Waals surface area contributed by atoms with E-state index in [9.17, 15) is 9.59 Å². The average molecular weight is 283 g/mol. The number of carbonyl (C=O) groups excluding carboxylic acids is 2. The first kappa shape index (κ1) is 14.1. The highest BCUT2D eigenvalue weighted by atomic mass is 32.2. The standard InChI is InChI=1S/C16H13NO2S/c1-11(17)20-16-8-14(6-7-15(16)10-19)13-4-2-12(9-18)3-5-13/h2-10H,1,17H2. The van der Waals surface area contributed by atoms with Gasteiger partial charge < -0.3 is 5.73 Å². The Labute approximate surface area is 121 Å². The van der Waals surface area contributed by atoms with Crippen LogP contribution in [-0.2, 0) is 0 Å². The number of rotatable bonds is 5. The predicted octanol–water partition coefficient (Wildman–Crippen LogP) is 3.50. The molecular weight excluding hydrogens is 270 g/mol. The number of carbonyl (C=O) groups is 2. The summed E-state index contributed by atoms with van der Waals surface area (Å²) in [6.07, 6.45) is 1.60. The molecule has 0 amide bonds. The van der Waals surface area contributed by atoms with Crippen LogP contribution in [0.25, 0.3) is 11.1 Å². The van der Waals surface area contributed by atoms with Gasteiger partial charge in [0.05, 0.1) is 5.03 Å². The van der Waals surface area contributed by atoms with Crippen molar-refractivity contribution in [2.24, 2.45) is 5.73 Å². The van der Waals surface area contributed by atoms with E-state index in [1.54, 1.807) is 18.2 Å². The van der Waals surface area contributed by atoms with Crippen molar-refractivity contribution in [2.75, 3.05) is 0 Å². The highest BCUT2D eigenvalue weighted by molar-refractivity contribution is 8.03. The summed E-state index contributed by atoms with van der Waals surface area (Å²) in [5.74, 6) is 0. The van der Waals surface area contributed by atoms with E-state index in [4.69, 9.17) is 5.73 Å². The fourth-order valence-corrected chi connectivity index (χ4v) is 2.50. The van der Waals surface area contributed by atoms with Gasteiger partial charge in [0.15, 0.2) is 6.29 Å². The van der Waals surface area contributed by atoms with Gasteiger partial charge in [0.2, 0.25) is 0 Å². The Morgan fingerprint density at radius 3 is 2.20 bits per heavy atom. The van der Waals surface area contributed by atoms with Gasteiger partial charge in [0.1, 0.15) is 6.29 Å². The van der Waals surface area contributed by atoms with Gasteiger partial charge in [0.25, 0.3) is 0 Å². The molecule has 0 aliphatic rings. The van der Waals surface area contributed by atoms with Crippen LogP contribution in [0.3, 0.4) is 0 Å². The summed E-state index contributed by atoms with van der Waals surface area (Å²) < 4.78 is 0. The van der Waals surface area contributed by atoms with Gasteiger partial charge >= 0.3 is 0 Å². The SMILES string of the molecule is C=C(N)Sc1cc(-c2ccc(C=O)cc2)ccc1C=O. The van der Waals surface area contributed by atoms with E-state index in [1.165, 1.54) is 11.8 Å². The van der Waals surface area contributed by atoms with Gasteiger partial charge in [-0.2, -0.15) is 0 Å². The quantitative estimate of drug-likeness (QED) is 0.674. The van der Waals surface area contributed by atoms with E-state index in [0.717, 1.165) is 28.6 Å². The van der Waals surface area contributed by atoms with Crippen molar-refractivity contribution < 1.29 is 9.59 Å². The van der Waals surface area contributed by atoms with Crippen molar-refractivity contribution in [1.29, 1.82) is 0 Å². The minimum absolute atomic E-state index is 0.432. The lowest BCUT2D eigenvalue weighted by Gasteiger charge is -2.08. The second kappa shape index (κ2) is 6.21.